The smallest absolute Gasteiger partial charge is 0.228 e. The lowest BCUT2D eigenvalue weighted by Crippen LogP contribution is -2.29. The predicted molar refractivity (Wildman–Crippen MR) is 64.4 cm³/mol. The lowest BCUT2D eigenvalue weighted by Gasteiger charge is -2.20. The molecule has 1 heterocycles. The summed E-state index contributed by atoms with van der Waals surface area (Å²) in [5.41, 5.74) is 1.03. The monoisotopic (exact) mass is 221 g/mol. The number of para-hydroxylation sites is 1. The van der Waals surface area contributed by atoms with E-state index in [2.05, 4.69) is 19.9 Å². The van der Waals surface area contributed by atoms with E-state index in [4.69, 9.17) is 0 Å². The van der Waals surface area contributed by atoms with Gasteiger partial charge in [0.05, 0.1) is 5.69 Å². The zero-order valence-electron chi connectivity index (χ0n) is 9.28. The van der Waals surface area contributed by atoms with Gasteiger partial charge in [0.1, 0.15) is 0 Å². The van der Waals surface area contributed by atoms with Gasteiger partial charge in [0.25, 0.3) is 0 Å². The number of rotatable bonds is 0. The van der Waals surface area contributed by atoms with Gasteiger partial charge in [0.15, 0.2) is 0 Å². The summed E-state index contributed by atoms with van der Waals surface area (Å²) in [4.78, 5) is 14.9. The molecule has 0 fully saturated rings. The van der Waals surface area contributed by atoms with Crippen LogP contribution in [-0.2, 0) is 4.79 Å². The molecule has 80 valence electrons. The number of carbonyl (C=O) groups excluding carboxylic acids is 1. The van der Waals surface area contributed by atoms with Crippen LogP contribution in [0.5, 0.6) is 0 Å². The second kappa shape index (κ2) is 3.56. The highest BCUT2D eigenvalue weighted by atomic mass is 32.2. The van der Waals surface area contributed by atoms with Crippen molar-refractivity contribution in [2.24, 2.45) is 0 Å². The molecule has 0 spiro atoms. The van der Waals surface area contributed by atoms with E-state index in [0.29, 0.717) is 6.42 Å². The Balaban J connectivity index is 2.51. The lowest BCUT2D eigenvalue weighted by atomic mass is 10.1. The van der Waals surface area contributed by atoms with Crippen molar-refractivity contribution in [3.63, 3.8) is 0 Å². The first kappa shape index (κ1) is 10.6. The number of carbonyl (C=O) groups is 1. The molecule has 2 nitrogen and oxygen atoms in total. The fourth-order valence-corrected chi connectivity index (χ4v) is 3.02. The Morgan fingerprint density at radius 2 is 2.00 bits per heavy atom. The Bertz CT molecular complexity index is 400. The van der Waals surface area contributed by atoms with Gasteiger partial charge >= 0.3 is 0 Å². The third-order valence-corrected chi connectivity index (χ3v) is 3.83. The normalized spacial score (nSPS) is 19.7. The maximum atomic E-state index is 11.9. The molecule has 0 N–H and O–H groups in total. The number of thioether (sulfide) groups is 1. The van der Waals surface area contributed by atoms with E-state index < -0.39 is 0 Å². The van der Waals surface area contributed by atoms with Gasteiger partial charge in [-0.25, -0.2) is 0 Å². The molecule has 0 aromatic heterocycles. The van der Waals surface area contributed by atoms with Crippen LogP contribution in [0.1, 0.15) is 20.3 Å². The average Bonchev–Trinajstić information content (AvgIpc) is 2.23. The minimum absolute atomic E-state index is 0.0159. The average molecular weight is 221 g/mol. The molecule has 0 aliphatic carbocycles. The molecule has 0 atom stereocenters. The summed E-state index contributed by atoms with van der Waals surface area (Å²) in [6.45, 7) is 4.23. The van der Waals surface area contributed by atoms with Gasteiger partial charge < -0.3 is 4.90 Å². The highest BCUT2D eigenvalue weighted by Crippen LogP contribution is 2.43. The Morgan fingerprint density at radius 1 is 1.33 bits per heavy atom. The van der Waals surface area contributed by atoms with Crippen LogP contribution in [0.2, 0.25) is 0 Å². The van der Waals surface area contributed by atoms with Crippen LogP contribution in [0.3, 0.4) is 0 Å². The van der Waals surface area contributed by atoms with Crippen molar-refractivity contribution in [2.45, 2.75) is 29.9 Å². The third-order valence-electron chi connectivity index (χ3n) is 2.56. The van der Waals surface area contributed by atoms with Crippen LogP contribution >= 0.6 is 11.8 Å². The van der Waals surface area contributed by atoms with Crippen LogP contribution in [0.4, 0.5) is 5.69 Å². The van der Waals surface area contributed by atoms with Gasteiger partial charge in [-0.3, -0.25) is 4.79 Å². The zero-order valence-corrected chi connectivity index (χ0v) is 10.1. The molecule has 2 rings (SSSR count). The van der Waals surface area contributed by atoms with Gasteiger partial charge in [-0.2, -0.15) is 0 Å². The van der Waals surface area contributed by atoms with Crippen LogP contribution in [-0.4, -0.2) is 17.7 Å². The molecule has 1 aromatic rings. The first-order valence-corrected chi connectivity index (χ1v) is 5.86. The number of nitrogens with zero attached hydrogens (tertiary/aromatic N) is 1. The summed E-state index contributed by atoms with van der Waals surface area (Å²) in [6, 6.07) is 8.07. The van der Waals surface area contributed by atoms with Gasteiger partial charge in [-0.05, 0) is 26.0 Å². The highest BCUT2D eigenvalue weighted by molar-refractivity contribution is 8.00. The number of hydrogen-bond acceptors (Lipinski definition) is 2. The van der Waals surface area contributed by atoms with E-state index in [1.54, 1.807) is 16.7 Å². The summed E-state index contributed by atoms with van der Waals surface area (Å²) in [7, 11) is 1.85. The largest absolute Gasteiger partial charge is 0.314 e. The standard InChI is InChI=1S/C12H15NOS/c1-12(2)8-11(14)13(3)9-6-4-5-7-10(9)15-12/h4-7H,8H2,1-3H3. The lowest BCUT2D eigenvalue weighted by molar-refractivity contribution is -0.118. The minimum atomic E-state index is -0.0159. The molecule has 1 amide bonds. The summed E-state index contributed by atoms with van der Waals surface area (Å²) in [5.74, 6) is 0.192. The van der Waals surface area contributed by atoms with Crippen molar-refractivity contribution in [1.29, 1.82) is 0 Å². The topological polar surface area (TPSA) is 20.3 Å². The second-order valence-corrected chi connectivity index (χ2v) is 6.21. The van der Waals surface area contributed by atoms with E-state index in [0.717, 1.165) is 5.69 Å². The van der Waals surface area contributed by atoms with Crippen molar-refractivity contribution in [2.75, 3.05) is 11.9 Å². The van der Waals surface area contributed by atoms with Crippen molar-refractivity contribution in [1.82, 2.24) is 0 Å². The molecule has 0 saturated carbocycles. The van der Waals surface area contributed by atoms with Crippen LogP contribution < -0.4 is 4.90 Å². The van der Waals surface area contributed by atoms with E-state index in [1.807, 2.05) is 25.2 Å². The Kier molecular flexibility index (Phi) is 2.51. The van der Waals surface area contributed by atoms with Gasteiger partial charge in [0.2, 0.25) is 5.91 Å². The zero-order chi connectivity index (χ0) is 11.1. The summed E-state index contributed by atoms with van der Waals surface area (Å²) in [5, 5.41) is 0. The summed E-state index contributed by atoms with van der Waals surface area (Å²) in [6.07, 6.45) is 0.586. The molecular formula is C12H15NOS. The number of hydrogen-bond donors (Lipinski definition) is 0. The van der Waals surface area contributed by atoms with Crippen molar-refractivity contribution >= 4 is 23.4 Å². The Morgan fingerprint density at radius 3 is 2.73 bits per heavy atom. The van der Waals surface area contributed by atoms with Crippen LogP contribution in [0.15, 0.2) is 29.2 Å². The molecule has 1 aliphatic heterocycles. The number of anilines is 1. The molecule has 1 aromatic carbocycles. The summed E-state index contributed by atoms with van der Waals surface area (Å²) < 4.78 is -0.0159. The molecule has 15 heavy (non-hydrogen) atoms. The Labute approximate surface area is 94.7 Å². The number of amides is 1. The van der Waals surface area contributed by atoms with Crippen molar-refractivity contribution in [3.05, 3.63) is 24.3 Å². The number of benzene rings is 1. The van der Waals surface area contributed by atoms with Gasteiger partial charge in [-0.1, -0.05) is 12.1 Å². The minimum Gasteiger partial charge on any atom is -0.314 e. The van der Waals surface area contributed by atoms with Gasteiger partial charge in [-0.15, -0.1) is 11.8 Å². The quantitative estimate of drug-likeness (QED) is 0.671. The molecular weight excluding hydrogens is 206 g/mol. The molecule has 1 aliphatic rings. The fourth-order valence-electron chi connectivity index (χ4n) is 1.77. The molecule has 0 saturated heterocycles. The van der Waals surface area contributed by atoms with Crippen molar-refractivity contribution in [3.8, 4) is 0 Å². The molecule has 0 bridgehead atoms. The maximum Gasteiger partial charge on any atom is 0.228 e. The molecule has 0 radical (unpaired) electrons. The third kappa shape index (κ3) is 2.02. The molecule has 0 unspecified atom stereocenters. The van der Waals surface area contributed by atoms with Crippen LogP contribution in [0, 0.1) is 0 Å². The molecule has 3 heteroatoms. The number of fused-ring (bicyclic) bond motifs is 1. The van der Waals surface area contributed by atoms with E-state index >= 15 is 0 Å². The first-order valence-electron chi connectivity index (χ1n) is 5.04. The van der Waals surface area contributed by atoms with E-state index in [-0.39, 0.29) is 10.7 Å². The SMILES string of the molecule is CN1C(=O)CC(C)(C)Sc2ccccc21. The van der Waals surface area contributed by atoms with Crippen LogP contribution in [0.25, 0.3) is 0 Å². The Hall–Kier alpha value is -0.960. The van der Waals surface area contributed by atoms with E-state index in [9.17, 15) is 4.79 Å². The highest BCUT2D eigenvalue weighted by Gasteiger charge is 2.31. The van der Waals surface area contributed by atoms with Gasteiger partial charge in [0, 0.05) is 23.1 Å². The maximum absolute atomic E-state index is 11.9. The van der Waals surface area contributed by atoms with Crippen molar-refractivity contribution < 1.29 is 4.79 Å². The predicted octanol–water partition coefficient (Wildman–Crippen LogP) is 2.92. The summed E-state index contributed by atoms with van der Waals surface area (Å²) >= 11 is 1.78. The fraction of sp³-hybridized carbons (Fsp3) is 0.417. The second-order valence-electron chi connectivity index (χ2n) is 4.46. The van der Waals surface area contributed by atoms with E-state index in [1.165, 1.54) is 4.90 Å². The first-order chi connectivity index (χ1) is 6.99.